The lowest BCUT2D eigenvalue weighted by molar-refractivity contribution is -0.147. The fourth-order valence-corrected chi connectivity index (χ4v) is 1.87. The van der Waals surface area contributed by atoms with E-state index in [1.807, 2.05) is 0 Å². The molecule has 0 aromatic carbocycles. The van der Waals surface area contributed by atoms with Gasteiger partial charge in [0.05, 0.1) is 7.11 Å². The molecule has 0 spiro atoms. The van der Waals surface area contributed by atoms with Gasteiger partial charge in [-0.2, -0.15) is 0 Å². The monoisotopic (exact) mass is 230 g/mol. The van der Waals surface area contributed by atoms with Gasteiger partial charge >= 0.3 is 5.97 Å². The predicted molar refractivity (Wildman–Crippen MR) is 66.5 cm³/mol. The molecule has 0 N–H and O–H groups in total. The Morgan fingerprint density at radius 3 is 1.88 bits per heavy atom. The highest BCUT2D eigenvalue weighted by molar-refractivity contribution is 5.75. The number of hydrogen-bond donors (Lipinski definition) is 0. The second-order valence-electron chi connectivity index (χ2n) is 3.75. The van der Waals surface area contributed by atoms with Gasteiger partial charge in [-0.3, -0.25) is 9.69 Å². The van der Waals surface area contributed by atoms with Crippen molar-refractivity contribution in [3.63, 3.8) is 0 Å². The minimum atomic E-state index is -0.139. The first-order chi connectivity index (χ1) is 7.64. The van der Waals surface area contributed by atoms with E-state index in [0.717, 1.165) is 32.7 Å². The number of hydrogen-bond acceptors (Lipinski definition) is 4. The van der Waals surface area contributed by atoms with Crippen molar-refractivity contribution in [3.05, 3.63) is 0 Å². The largest absolute Gasteiger partial charge is 0.468 e. The molecular formula is C12H26N2O2. The first kappa shape index (κ1) is 15.4. The van der Waals surface area contributed by atoms with Crippen molar-refractivity contribution < 1.29 is 9.53 Å². The maximum atomic E-state index is 11.7. The summed E-state index contributed by atoms with van der Waals surface area (Å²) in [5.41, 5.74) is 0. The zero-order valence-electron chi connectivity index (χ0n) is 11.3. The van der Waals surface area contributed by atoms with Crippen molar-refractivity contribution in [1.29, 1.82) is 0 Å². The summed E-state index contributed by atoms with van der Waals surface area (Å²) in [4.78, 5) is 16.1. The summed E-state index contributed by atoms with van der Waals surface area (Å²) in [6, 6.07) is -0.139. The van der Waals surface area contributed by atoms with E-state index in [0.29, 0.717) is 0 Å². The highest BCUT2D eigenvalue weighted by atomic mass is 16.5. The molecule has 0 saturated carbocycles. The van der Waals surface area contributed by atoms with Gasteiger partial charge in [0.1, 0.15) is 6.04 Å². The molecule has 0 bridgehead atoms. The SMILES string of the molecule is CCN(CC)CC(C(=O)OC)N(CC)CC. The van der Waals surface area contributed by atoms with Crippen molar-refractivity contribution in [2.75, 3.05) is 39.8 Å². The Morgan fingerprint density at radius 1 is 1.06 bits per heavy atom. The Bertz CT molecular complexity index is 189. The van der Waals surface area contributed by atoms with Gasteiger partial charge in [0, 0.05) is 6.54 Å². The van der Waals surface area contributed by atoms with Crippen LogP contribution in [0.3, 0.4) is 0 Å². The molecule has 0 aliphatic heterocycles. The first-order valence-electron chi connectivity index (χ1n) is 6.18. The maximum absolute atomic E-state index is 11.7. The van der Waals surface area contributed by atoms with E-state index in [1.54, 1.807) is 0 Å². The van der Waals surface area contributed by atoms with E-state index in [9.17, 15) is 4.79 Å². The van der Waals surface area contributed by atoms with Crippen molar-refractivity contribution >= 4 is 5.97 Å². The molecule has 0 aliphatic carbocycles. The zero-order chi connectivity index (χ0) is 12.6. The summed E-state index contributed by atoms with van der Waals surface area (Å²) in [5.74, 6) is -0.129. The second kappa shape index (κ2) is 8.53. The van der Waals surface area contributed by atoms with Crippen molar-refractivity contribution in [1.82, 2.24) is 9.80 Å². The lowest BCUT2D eigenvalue weighted by atomic mass is 10.2. The summed E-state index contributed by atoms with van der Waals surface area (Å²) in [7, 11) is 1.46. The van der Waals surface area contributed by atoms with Gasteiger partial charge in [0.2, 0.25) is 0 Å². The number of rotatable bonds is 8. The van der Waals surface area contributed by atoms with Crippen LogP contribution in [0.2, 0.25) is 0 Å². The molecule has 4 heteroatoms. The highest BCUT2D eigenvalue weighted by Gasteiger charge is 2.26. The standard InChI is InChI=1S/C12H26N2O2/c1-6-13(7-2)10-11(12(15)16-5)14(8-3)9-4/h11H,6-10H2,1-5H3. The van der Waals surface area contributed by atoms with E-state index < -0.39 is 0 Å². The molecule has 0 aromatic rings. The highest BCUT2D eigenvalue weighted by Crippen LogP contribution is 2.04. The van der Waals surface area contributed by atoms with Crippen LogP contribution in [0, 0.1) is 0 Å². The Morgan fingerprint density at radius 2 is 1.56 bits per heavy atom. The molecule has 16 heavy (non-hydrogen) atoms. The van der Waals surface area contributed by atoms with E-state index in [4.69, 9.17) is 4.74 Å². The second-order valence-corrected chi connectivity index (χ2v) is 3.75. The Labute approximate surface area is 99.5 Å². The number of nitrogens with zero attached hydrogens (tertiary/aromatic N) is 2. The third kappa shape index (κ3) is 4.49. The van der Waals surface area contributed by atoms with Crippen LogP contribution in [0.15, 0.2) is 0 Å². The number of ether oxygens (including phenoxy) is 1. The molecule has 96 valence electrons. The number of methoxy groups -OCH3 is 1. The van der Waals surface area contributed by atoms with E-state index in [1.165, 1.54) is 7.11 Å². The normalized spacial score (nSPS) is 13.2. The van der Waals surface area contributed by atoms with Crippen LogP contribution >= 0.6 is 0 Å². The van der Waals surface area contributed by atoms with Gasteiger partial charge in [0.15, 0.2) is 0 Å². The van der Waals surface area contributed by atoms with E-state index in [2.05, 4.69) is 37.5 Å². The summed E-state index contributed by atoms with van der Waals surface area (Å²) in [5, 5.41) is 0. The van der Waals surface area contributed by atoms with Gasteiger partial charge in [-0.25, -0.2) is 0 Å². The summed E-state index contributed by atoms with van der Waals surface area (Å²) in [6.07, 6.45) is 0. The van der Waals surface area contributed by atoms with E-state index >= 15 is 0 Å². The van der Waals surface area contributed by atoms with Crippen LogP contribution in [-0.4, -0.2) is 61.6 Å². The first-order valence-corrected chi connectivity index (χ1v) is 6.18. The Hall–Kier alpha value is -0.610. The van der Waals surface area contributed by atoms with E-state index in [-0.39, 0.29) is 12.0 Å². The van der Waals surface area contributed by atoms with Gasteiger partial charge in [-0.1, -0.05) is 27.7 Å². The third-order valence-electron chi connectivity index (χ3n) is 3.05. The third-order valence-corrected chi connectivity index (χ3v) is 3.05. The summed E-state index contributed by atoms with van der Waals surface area (Å²) < 4.78 is 4.88. The van der Waals surface area contributed by atoms with Crippen LogP contribution in [0.25, 0.3) is 0 Å². The molecule has 4 nitrogen and oxygen atoms in total. The molecule has 0 rings (SSSR count). The average molecular weight is 230 g/mol. The van der Waals surface area contributed by atoms with Crippen LogP contribution < -0.4 is 0 Å². The van der Waals surface area contributed by atoms with Crippen LogP contribution in [-0.2, 0) is 9.53 Å². The molecule has 0 aliphatic rings. The van der Waals surface area contributed by atoms with Crippen LogP contribution in [0.4, 0.5) is 0 Å². The summed E-state index contributed by atoms with van der Waals surface area (Å²) in [6.45, 7) is 12.8. The molecule has 0 saturated heterocycles. The molecule has 1 atom stereocenters. The molecule has 1 unspecified atom stereocenters. The van der Waals surface area contributed by atoms with Crippen LogP contribution in [0.5, 0.6) is 0 Å². The zero-order valence-corrected chi connectivity index (χ0v) is 11.3. The smallest absolute Gasteiger partial charge is 0.324 e. The topological polar surface area (TPSA) is 32.8 Å². The fourth-order valence-electron chi connectivity index (χ4n) is 1.87. The number of esters is 1. The van der Waals surface area contributed by atoms with Crippen molar-refractivity contribution in [2.45, 2.75) is 33.7 Å². The molecule has 0 amide bonds. The lowest BCUT2D eigenvalue weighted by Crippen LogP contribution is -2.49. The predicted octanol–water partition coefficient (Wildman–Crippen LogP) is 1.21. The van der Waals surface area contributed by atoms with Gasteiger partial charge in [-0.05, 0) is 26.2 Å². The van der Waals surface area contributed by atoms with Gasteiger partial charge < -0.3 is 9.64 Å². The number of carbonyl (C=O) groups is 1. The van der Waals surface area contributed by atoms with Gasteiger partial charge in [-0.15, -0.1) is 0 Å². The molecular weight excluding hydrogens is 204 g/mol. The summed E-state index contributed by atoms with van der Waals surface area (Å²) >= 11 is 0. The van der Waals surface area contributed by atoms with Gasteiger partial charge in [0.25, 0.3) is 0 Å². The number of carbonyl (C=O) groups excluding carboxylic acids is 1. The Kier molecular flexibility index (Phi) is 8.21. The maximum Gasteiger partial charge on any atom is 0.324 e. The van der Waals surface area contributed by atoms with Crippen molar-refractivity contribution in [2.24, 2.45) is 0 Å². The molecule has 0 aromatic heterocycles. The number of likely N-dealkylation sites (N-methyl/N-ethyl adjacent to an activating group) is 2. The Balaban J connectivity index is 4.58. The van der Waals surface area contributed by atoms with Crippen molar-refractivity contribution in [3.8, 4) is 0 Å². The molecule has 0 fully saturated rings. The fraction of sp³-hybridized carbons (Fsp3) is 0.917. The minimum Gasteiger partial charge on any atom is -0.468 e. The minimum absolute atomic E-state index is 0.129. The van der Waals surface area contributed by atoms with Crippen LogP contribution in [0.1, 0.15) is 27.7 Å². The molecule has 0 radical (unpaired) electrons. The average Bonchev–Trinajstić information content (AvgIpc) is 2.33. The molecule has 0 heterocycles. The quantitative estimate of drug-likeness (QED) is 0.587. The lowest BCUT2D eigenvalue weighted by Gasteiger charge is -2.31.